The van der Waals surface area contributed by atoms with Crippen molar-refractivity contribution >= 4 is 0 Å². The average molecular weight is 257 g/mol. The highest BCUT2D eigenvalue weighted by Gasteiger charge is 2.22. The van der Waals surface area contributed by atoms with E-state index >= 15 is 0 Å². The van der Waals surface area contributed by atoms with Gasteiger partial charge in [-0.1, -0.05) is 17.7 Å². The molecule has 0 bridgehead atoms. The molecule has 2 aromatic rings. The van der Waals surface area contributed by atoms with Crippen LogP contribution in [0.3, 0.4) is 0 Å². The number of nitrogens with zero attached hydrogens (tertiary/aromatic N) is 2. The minimum Gasteiger partial charge on any atom is -0.454 e. The van der Waals surface area contributed by atoms with Crippen LogP contribution in [0, 0.1) is 12.8 Å². The molecule has 1 aromatic carbocycles. The molecule has 1 aliphatic rings. The second kappa shape index (κ2) is 5.05. The van der Waals surface area contributed by atoms with Gasteiger partial charge >= 0.3 is 0 Å². The van der Waals surface area contributed by atoms with Crippen LogP contribution in [0.2, 0.25) is 0 Å². The van der Waals surface area contributed by atoms with E-state index in [1.807, 2.05) is 23.0 Å². The monoisotopic (exact) mass is 257 g/mol. The molecule has 1 heterocycles. The molecule has 100 valence electrons. The predicted octanol–water partition coefficient (Wildman–Crippen LogP) is 2.85. The Hall–Kier alpha value is -1.81. The van der Waals surface area contributed by atoms with Gasteiger partial charge in [-0.05, 0) is 31.7 Å². The third-order valence-electron chi connectivity index (χ3n) is 3.42. The van der Waals surface area contributed by atoms with Crippen molar-refractivity contribution in [3.05, 3.63) is 41.7 Å². The van der Waals surface area contributed by atoms with Gasteiger partial charge in [-0.3, -0.25) is 4.68 Å². The van der Waals surface area contributed by atoms with E-state index in [1.54, 1.807) is 6.20 Å². The topological polar surface area (TPSA) is 53.1 Å². The van der Waals surface area contributed by atoms with E-state index in [1.165, 1.54) is 18.4 Å². The third kappa shape index (κ3) is 2.96. The van der Waals surface area contributed by atoms with E-state index in [4.69, 9.17) is 10.5 Å². The largest absolute Gasteiger partial charge is 0.454 e. The maximum absolute atomic E-state index is 5.87. The van der Waals surface area contributed by atoms with E-state index in [9.17, 15) is 0 Å². The molecule has 0 amide bonds. The summed E-state index contributed by atoms with van der Waals surface area (Å²) in [5.41, 5.74) is 7.97. The van der Waals surface area contributed by atoms with Crippen molar-refractivity contribution in [3.63, 3.8) is 0 Å². The van der Waals surface area contributed by atoms with Gasteiger partial charge in [-0.2, -0.15) is 5.10 Å². The van der Waals surface area contributed by atoms with Crippen LogP contribution in [0.25, 0.3) is 0 Å². The van der Waals surface area contributed by atoms with Crippen molar-refractivity contribution in [2.45, 2.75) is 32.9 Å². The summed E-state index contributed by atoms with van der Waals surface area (Å²) in [6.45, 7) is 3.53. The predicted molar refractivity (Wildman–Crippen MR) is 74.1 cm³/mol. The first-order valence-electron chi connectivity index (χ1n) is 6.74. The summed E-state index contributed by atoms with van der Waals surface area (Å²) in [7, 11) is 0. The minimum atomic E-state index is 0.479. The summed E-state index contributed by atoms with van der Waals surface area (Å²) in [4.78, 5) is 0. The maximum atomic E-state index is 5.87. The van der Waals surface area contributed by atoms with Gasteiger partial charge in [0.1, 0.15) is 5.75 Å². The van der Waals surface area contributed by atoms with E-state index in [0.717, 1.165) is 29.5 Å². The van der Waals surface area contributed by atoms with Crippen LogP contribution >= 0.6 is 0 Å². The second-order valence-electron chi connectivity index (χ2n) is 5.26. The first-order chi connectivity index (χ1) is 9.24. The van der Waals surface area contributed by atoms with Gasteiger partial charge in [0.2, 0.25) is 0 Å². The number of hydrogen-bond acceptors (Lipinski definition) is 3. The average Bonchev–Trinajstić information content (AvgIpc) is 3.11. The van der Waals surface area contributed by atoms with E-state index in [2.05, 4.69) is 18.1 Å². The van der Waals surface area contributed by atoms with Gasteiger partial charge < -0.3 is 10.5 Å². The molecule has 1 fully saturated rings. The lowest BCUT2D eigenvalue weighted by Gasteiger charge is -2.09. The van der Waals surface area contributed by atoms with Gasteiger partial charge in [0, 0.05) is 18.7 Å². The highest BCUT2D eigenvalue weighted by molar-refractivity contribution is 5.39. The normalized spacial score (nSPS) is 14.6. The Labute approximate surface area is 113 Å². The Kier molecular flexibility index (Phi) is 3.25. The summed E-state index contributed by atoms with van der Waals surface area (Å²) < 4.78 is 7.84. The van der Waals surface area contributed by atoms with Crippen LogP contribution in [-0.2, 0) is 13.1 Å². The van der Waals surface area contributed by atoms with Crippen molar-refractivity contribution in [1.82, 2.24) is 9.78 Å². The fraction of sp³-hybridized carbons (Fsp3) is 0.400. The van der Waals surface area contributed by atoms with Crippen molar-refractivity contribution in [1.29, 1.82) is 0 Å². The molecule has 19 heavy (non-hydrogen) atoms. The van der Waals surface area contributed by atoms with Crippen molar-refractivity contribution in [2.75, 3.05) is 0 Å². The Morgan fingerprint density at radius 3 is 3.00 bits per heavy atom. The summed E-state index contributed by atoms with van der Waals surface area (Å²) in [6.07, 6.45) is 6.37. The summed E-state index contributed by atoms with van der Waals surface area (Å²) >= 11 is 0. The lowest BCUT2D eigenvalue weighted by molar-refractivity contribution is 0.473. The zero-order valence-corrected chi connectivity index (χ0v) is 11.2. The lowest BCUT2D eigenvalue weighted by Crippen LogP contribution is -2.00. The van der Waals surface area contributed by atoms with Crippen molar-refractivity contribution in [2.24, 2.45) is 11.7 Å². The number of aromatic nitrogens is 2. The number of rotatable bonds is 5. The highest BCUT2D eigenvalue weighted by atomic mass is 16.5. The molecular formula is C15H19N3O. The Bertz CT molecular complexity index is 573. The molecular weight excluding hydrogens is 238 g/mol. The third-order valence-corrected chi connectivity index (χ3v) is 3.42. The smallest absolute Gasteiger partial charge is 0.165 e. The molecule has 2 N–H and O–H groups in total. The summed E-state index contributed by atoms with van der Waals surface area (Å²) in [5, 5.41) is 4.33. The Balaban J connectivity index is 1.74. The minimum absolute atomic E-state index is 0.479. The standard InChI is InChI=1S/C15H19N3O/c1-11-2-5-15(13(6-11)7-16)19-14-8-17-18(10-14)9-12-3-4-12/h2,5-6,8,10,12H,3-4,7,9,16H2,1H3. The van der Waals surface area contributed by atoms with Gasteiger partial charge in [0.25, 0.3) is 0 Å². The molecule has 0 unspecified atom stereocenters. The van der Waals surface area contributed by atoms with Crippen LogP contribution < -0.4 is 10.5 Å². The van der Waals surface area contributed by atoms with Gasteiger partial charge in [-0.15, -0.1) is 0 Å². The SMILES string of the molecule is Cc1ccc(Oc2cnn(CC3CC3)c2)c(CN)c1. The van der Waals surface area contributed by atoms with Crippen LogP contribution in [0.4, 0.5) is 0 Å². The van der Waals surface area contributed by atoms with Gasteiger partial charge in [0.05, 0.1) is 12.4 Å². The molecule has 0 aliphatic heterocycles. The van der Waals surface area contributed by atoms with Crippen molar-refractivity contribution < 1.29 is 4.74 Å². The van der Waals surface area contributed by atoms with E-state index in [-0.39, 0.29) is 0 Å². The number of benzene rings is 1. The van der Waals surface area contributed by atoms with E-state index in [0.29, 0.717) is 6.54 Å². The van der Waals surface area contributed by atoms with Crippen LogP contribution in [-0.4, -0.2) is 9.78 Å². The molecule has 4 heteroatoms. The molecule has 4 nitrogen and oxygen atoms in total. The van der Waals surface area contributed by atoms with Crippen LogP contribution in [0.15, 0.2) is 30.6 Å². The molecule has 0 radical (unpaired) electrons. The number of ether oxygens (including phenoxy) is 1. The number of aryl methyl sites for hydroxylation is 1. The number of hydrogen-bond donors (Lipinski definition) is 1. The lowest BCUT2D eigenvalue weighted by atomic mass is 10.1. The van der Waals surface area contributed by atoms with Gasteiger partial charge in [-0.25, -0.2) is 0 Å². The molecule has 1 saturated carbocycles. The second-order valence-corrected chi connectivity index (χ2v) is 5.26. The Morgan fingerprint density at radius 1 is 1.42 bits per heavy atom. The molecule has 1 aromatic heterocycles. The maximum Gasteiger partial charge on any atom is 0.165 e. The zero-order chi connectivity index (χ0) is 13.2. The quantitative estimate of drug-likeness (QED) is 0.896. The molecule has 3 rings (SSSR count). The van der Waals surface area contributed by atoms with Crippen LogP contribution in [0.5, 0.6) is 11.5 Å². The summed E-state index contributed by atoms with van der Waals surface area (Å²) in [6, 6.07) is 6.06. The molecule has 1 aliphatic carbocycles. The Morgan fingerprint density at radius 2 is 2.26 bits per heavy atom. The highest BCUT2D eigenvalue weighted by Crippen LogP contribution is 2.31. The summed E-state index contributed by atoms with van der Waals surface area (Å²) in [5.74, 6) is 2.41. The van der Waals surface area contributed by atoms with Crippen molar-refractivity contribution in [3.8, 4) is 11.5 Å². The first kappa shape index (κ1) is 12.2. The van der Waals surface area contributed by atoms with Gasteiger partial charge in [0.15, 0.2) is 5.75 Å². The fourth-order valence-corrected chi connectivity index (χ4v) is 2.16. The molecule has 0 spiro atoms. The molecule has 0 atom stereocenters. The number of nitrogens with two attached hydrogens (primary N) is 1. The zero-order valence-electron chi connectivity index (χ0n) is 11.2. The first-order valence-corrected chi connectivity index (χ1v) is 6.74. The van der Waals surface area contributed by atoms with E-state index < -0.39 is 0 Å². The fourth-order valence-electron chi connectivity index (χ4n) is 2.16. The van der Waals surface area contributed by atoms with Crippen LogP contribution in [0.1, 0.15) is 24.0 Å². The molecule has 0 saturated heterocycles.